The van der Waals surface area contributed by atoms with E-state index < -0.39 is 5.97 Å². The number of hydrogen-bond acceptors (Lipinski definition) is 3. The zero-order valence-corrected chi connectivity index (χ0v) is 11.2. The lowest BCUT2D eigenvalue weighted by Gasteiger charge is -2.11. The number of carboxylic acids is 1. The van der Waals surface area contributed by atoms with Gasteiger partial charge in [0.1, 0.15) is 5.69 Å². The summed E-state index contributed by atoms with van der Waals surface area (Å²) in [6.45, 7) is 3.68. The second-order valence-electron chi connectivity index (χ2n) is 4.71. The minimum atomic E-state index is -0.951. The topological polar surface area (TPSA) is 63.3 Å². The summed E-state index contributed by atoms with van der Waals surface area (Å²) in [4.78, 5) is 16.2. The number of aromatic carboxylic acids is 1. The largest absolute Gasteiger partial charge is 0.478 e. The van der Waals surface area contributed by atoms with E-state index in [0.29, 0.717) is 27.9 Å². The first-order valence-corrected chi connectivity index (χ1v) is 6.26. The molecule has 1 N–H and O–H groups in total. The molecule has 0 bridgehead atoms. The lowest BCUT2D eigenvalue weighted by molar-refractivity contribution is 0.0698. The van der Waals surface area contributed by atoms with Gasteiger partial charge >= 0.3 is 5.97 Å². The van der Waals surface area contributed by atoms with Crippen molar-refractivity contribution in [2.24, 2.45) is 0 Å². The van der Waals surface area contributed by atoms with Gasteiger partial charge in [0.25, 0.3) is 0 Å². The Bertz CT molecular complexity index is 804. The molecule has 3 rings (SSSR count). The summed E-state index contributed by atoms with van der Waals surface area (Å²) in [6, 6.07) is 9.10. The van der Waals surface area contributed by atoms with E-state index >= 15 is 0 Å². The van der Waals surface area contributed by atoms with Crippen molar-refractivity contribution in [3.8, 4) is 11.5 Å². The third-order valence-corrected chi connectivity index (χ3v) is 3.43. The van der Waals surface area contributed by atoms with Crippen LogP contribution in [-0.4, -0.2) is 16.1 Å². The summed E-state index contributed by atoms with van der Waals surface area (Å²) in [5.74, 6) is -0.372. The van der Waals surface area contributed by atoms with E-state index in [1.807, 2.05) is 19.1 Å². The maximum atomic E-state index is 11.6. The van der Waals surface area contributed by atoms with E-state index in [1.54, 1.807) is 31.4 Å². The summed E-state index contributed by atoms with van der Waals surface area (Å²) in [5, 5.41) is 10.2. The van der Waals surface area contributed by atoms with Gasteiger partial charge in [0, 0.05) is 5.39 Å². The fourth-order valence-electron chi connectivity index (χ4n) is 2.45. The monoisotopic (exact) mass is 267 g/mol. The number of aryl methyl sites for hydroxylation is 1. The Balaban J connectivity index is 2.47. The van der Waals surface area contributed by atoms with Crippen molar-refractivity contribution in [1.82, 2.24) is 4.98 Å². The lowest BCUT2D eigenvalue weighted by atomic mass is 9.98. The molecule has 20 heavy (non-hydrogen) atoms. The molecule has 0 radical (unpaired) electrons. The van der Waals surface area contributed by atoms with Gasteiger partial charge in [-0.1, -0.05) is 18.2 Å². The summed E-state index contributed by atoms with van der Waals surface area (Å²) in [5.41, 5.74) is 3.12. The van der Waals surface area contributed by atoms with Crippen LogP contribution >= 0.6 is 0 Å². The highest BCUT2D eigenvalue weighted by Crippen LogP contribution is 2.31. The van der Waals surface area contributed by atoms with Crippen molar-refractivity contribution in [2.75, 3.05) is 0 Å². The van der Waals surface area contributed by atoms with Gasteiger partial charge in [0.2, 0.25) is 0 Å². The number of carboxylic acid groups (broad SMARTS) is 1. The van der Waals surface area contributed by atoms with Crippen LogP contribution in [-0.2, 0) is 0 Å². The highest BCUT2D eigenvalue weighted by molar-refractivity contribution is 6.06. The standard InChI is InChI=1S/C16H13NO3/c1-9-5-3-6-11-13(16(18)19)10(2)15(17-14(9)11)12-7-4-8-20-12/h3-8H,1-2H3,(H,18,19). The Morgan fingerprint density at radius 3 is 2.65 bits per heavy atom. The van der Waals surface area contributed by atoms with E-state index in [-0.39, 0.29) is 5.56 Å². The Labute approximate surface area is 115 Å². The van der Waals surface area contributed by atoms with Crippen molar-refractivity contribution in [2.45, 2.75) is 13.8 Å². The summed E-state index contributed by atoms with van der Waals surface area (Å²) >= 11 is 0. The molecule has 0 fully saturated rings. The molecule has 0 atom stereocenters. The predicted molar refractivity (Wildman–Crippen MR) is 75.9 cm³/mol. The van der Waals surface area contributed by atoms with Gasteiger partial charge in [0.05, 0.1) is 17.3 Å². The second-order valence-corrected chi connectivity index (χ2v) is 4.71. The average Bonchev–Trinajstić information content (AvgIpc) is 2.91. The first-order valence-electron chi connectivity index (χ1n) is 6.26. The molecule has 0 aliphatic heterocycles. The Hall–Kier alpha value is -2.62. The van der Waals surface area contributed by atoms with Crippen LogP contribution in [0.5, 0.6) is 0 Å². The zero-order chi connectivity index (χ0) is 14.3. The maximum absolute atomic E-state index is 11.6. The highest BCUT2D eigenvalue weighted by atomic mass is 16.4. The van der Waals surface area contributed by atoms with Crippen molar-refractivity contribution >= 4 is 16.9 Å². The number of pyridine rings is 1. The van der Waals surface area contributed by atoms with Crippen LogP contribution in [0.25, 0.3) is 22.4 Å². The van der Waals surface area contributed by atoms with Crippen molar-refractivity contribution < 1.29 is 14.3 Å². The normalized spacial score (nSPS) is 10.9. The van der Waals surface area contributed by atoms with Crippen LogP contribution in [0.15, 0.2) is 41.0 Å². The van der Waals surface area contributed by atoms with E-state index in [2.05, 4.69) is 4.98 Å². The van der Waals surface area contributed by atoms with Crippen molar-refractivity contribution in [3.63, 3.8) is 0 Å². The molecule has 2 aromatic heterocycles. The number of fused-ring (bicyclic) bond motifs is 1. The van der Waals surface area contributed by atoms with Gasteiger partial charge < -0.3 is 9.52 Å². The molecule has 100 valence electrons. The first-order chi connectivity index (χ1) is 9.59. The minimum Gasteiger partial charge on any atom is -0.478 e. The van der Waals surface area contributed by atoms with E-state index in [9.17, 15) is 9.90 Å². The van der Waals surface area contributed by atoms with Crippen molar-refractivity contribution in [1.29, 1.82) is 0 Å². The van der Waals surface area contributed by atoms with E-state index in [0.717, 1.165) is 5.56 Å². The Kier molecular flexibility index (Phi) is 2.79. The number of hydrogen-bond donors (Lipinski definition) is 1. The lowest BCUT2D eigenvalue weighted by Crippen LogP contribution is -2.05. The number of benzene rings is 1. The van der Waals surface area contributed by atoms with Gasteiger partial charge in [-0.3, -0.25) is 0 Å². The molecule has 4 nitrogen and oxygen atoms in total. The molecule has 1 aromatic carbocycles. The molecular formula is C16H13NO3. The van der Waals surface area contributed by atoms with Crippen molar-refractivity contribution in [3.05, 3.63) is 53.3 Å². The van der Waals surface area contributed by atoms with Crippen LogP contribution in [0.3, 0.4) is 0 Å². The SMILES string of the molecule is Cc1c(-c2ccco2)nc2c(C)cccc2c1C(=O)O. The number of nitrogens with zero attached hydrogens (tertiary/aromatic N) is 1. The second kappa shape index (κ2) is 4.49. The Morgan fingerprint density at radius 1 is 1.20 bits per heavy atom. The molecule has 2 heterocycles. The molecule has 0 saturated carbocycles. The van der Waals surface area contributed by atoms with Gasteiger partial charge in [0.15, 0.2) is 5.76 Å². The van der Waals surface area contributed by atoms with Crippen LogP contribution in [0, 0.1) is 13.8 Å². The Morgan fingerprint density at radius 2 is 2.00 bits per heavy atom. The van der Waals surface area contributed by atoms with Crippen LogP contribution in [0.1, 0.15) is 21.5 Å². The molecular weight excluding hydrogens is 254 g/mol. The number of furan rings is 1. The fourth-order valence-corrected chi connectivity index (χ4v) is 2.45. The van der Waals surface area contributed by atoms with Crippen LogP contribution in [0.2, 0.25) is 0 Å². The molecule has 0 aliphatic carbocycles. The summed E-state index contributed by atoms with van der Waals surface area (Å²) in [6.07, 6.45) is 1.55. The quantitative estimate of drug-likeness (QED) is 0.766. The van der Waals surface area contributed by atoms with Gasteiger partial charge in [-0.25, -0.2) is 9.78 Å². The molecule has 4 heteroatoms. The molecule has 3 aromatic rings. The summed E-state index contributed by atoms with van der Waals surface area (Å²) < 4.78 is 5.37. The third kappa shape index (κ3) is 1.77. The van der Waals surface area contributed by atoms with Gasteiger partial charge in [-0.15, -0.1) is 0 Å². The zero-order valence-electron chi connectivity index (χ0n) is 11.2. The molecule has 0 amide bonds. The number of para-hydroxylation sites is 1. The van der Waals surface area contributed by atoms with Crippen LogP contribution < -0.4 is 0 Å². The highest BCUT2D eigenvalue weighted by Gasteiger charge is 2.19. The minimum absolute atomic E-state index is 0.283. The number of carbonyl (C=O) groups is 1. The van der Waals surface area contributed by atoms with Gasteiger partial charge in [-0.05, 0) is 37.1 Å². The fraction of sp³-hybridized carbons (Fsp3) is 0.125. The number of rotatable bonds is 2. The molecule has 0 aliphatic rings. The predicted octanol–water partition coefficient (Wildman–Crippen LogP) is 3.81. The summed E-state index contributed by atoms with van der Waals surface area (Å²) in [7, 11) is 0. The first kappa shape index (κ1) is 12.4. The third-order valence-electron chi connectivity index (χ3n) is 3.43. The maximum Gasteiger partial charge on any atom is 0.336 e. The number of aromatic nitrogens is 1. The smallest absolute Gasteiger partial charge is 0.336 e. The molecule has 0 saturated heterocycles. The van der Waals surface area contributed by atoms with Crippen LogP contribution in [0.4, 0.5) is 0 Å². The average molecular weight is 267 g/mol. The molecule has 0 unspecified atom stereocenters. The van der Waals surface area contributed by atoms with E-state index in [4.69, 9.17) is 4.42 Å². The molecule has 0 spiro atoms. The van der Waals surface area contributed by atoms with Gasteiger partial charge in [-0.2, -0.15) is 0 Å². The van der Waals surface area contributed by atoms with E-state index in [1.165, 1.54) is 0 Å².